The third-order valence-electron chi connectivity index (χ3n) is 6.75. The monoisotopic (exact) mass is 281 g/mol. The number of carbonyl (C=O) groups excluding carboxylic acids is 1. The van der Waals surface area contributed by atoms with Gasteiger partial charge in [-0.15, -0.1) is 0 Å². The summed E-state index contributed by atoms with van der Waals surface area (Å²) >= 11 is 0. The summed E-state index contributed by atoms with van der Waals surface area (Å²) in [4.78, 5) is 12.5. The first-order valence-corrected chi connectivity index (χ1v) is 7.87. The number of carbonyl (C=O) groups is 1. The molecule has 2 N–H and O–H groups in total. The van der Waals surface area contributed by atoms with Gasteiger partial charge in [0.2, 0.25) is 0 Å². The number of ether oxygens (including phenoxy) is 2. The van der Waals surface area contributed by atoms with E-state index >= 15 is 0 Å². The third-order valence-corrected chi connectivity index (χ3v) is 6.75. The van der Waals surface area contributed by atoms with E-state index in [0.717, 1.165) is 12.8 Å². The van der Waals surface area contributed by atoms with Gasteiger partial charge in [0.15, 0.2) is 0 Å². The average molecular weight is 281 g/mol. The van der Waals surface area contributed by atoms with Gasteiger partial charge in [0.05, 0.1) is 0 Å². The van der Waals surface area contributed by atoms with Crippen LogP contribution in [-0.4, -0.2) is 30.8 Å². The molecule has 3 aliphatic rings. The molecule has 0 aromatic rings. The van der Waals surface area contributed by atoms with E-state index in [4.69, 9.17) is 15.2 Å². The van der Waals surface area contributed by atoms with Gasteiger partial charge in [-0.05, 0) is 43.4 Å². The zero-order valence-electron chi connectivity index (χ0n) is 12.9. The highest BCUT2D eigenvalue weighted by molar-refractivity contribution is 5.81. The van der Waals surface area contributed by atoms with Crippen LogP contribution in [0.15, 0.2) is 0 Å². The first-order valence-electron chi connectivity index (χ1n) is 7.87. The molecule has 2 aliphatic carbocycles. The largest absolute Gasteiger partial charge is 0.460 e. The van der Waals surface area contributed by atoms with Crippen LogP contribution in [0.4, 0.5) is 0 Å². The smallest absolute Gasteiger partial charge is 0.326 e. The van der Waals surface area contributed by atoms with E-state index in [1.54, 1.807) is 0 Å². The number of nitrogens with two attached hydrogens (primary N) is 1. The molecule has 114 valence electrons. The Balaban J connectivity index is 1.72. The van der Waals surface area contributed by atoms with Crippen LogP contribution < -0.4 is 5.73 Å². The molecule has 3 rings (SSSR count). The van der Waals surface area contributed by atoms with Gasteiger partial charge >= 0.3 is 5.97 Å². The van der Waals surface area contributed by atoms with Crippen LogP contribution in [0, 0.1) is 16.7 Å². The van der Waals surface area contributed by atoms with Crippen LogP contribution in [0.5, 0.6) is 0 Å². The van der Waals surface area contributed by atoms with Crippen molar-refractivity contribution in [2.24, 2.45) is 22.5 Å². The molecule has 3 atom stereocenters. The SMILES string of the molecule is CC1(C)C2CCC1(C)C(OC(=O)C1(N)CCOCC1)C2. The van der Waals surface area contributed by atoms with E-state index < -0.39 is 5.54 Å². The van der Waals surface area contributed by atoms with Crippen molar-refractivity contribution >= 4 is 5.97 Å². The minimum absolute atomic E-state index is 0.0343. The van der Waals surface area contributed by atoms with E-state index in [2.05, 4.69) is 20.8 Å². The van der Waals surface area contributed by atoms with Crippen molar-refractivity contribution in [3.05, 3.63) is 0 Å². The maximum absolute atomic E-state index is 12.5. The average Bonchev–Trinajstić information content (AvgIpc) is 2.73. The molecule has 3 unspecified atom stereocenters. The molecular weight excluding hydrogens is 254 g/mol. The molecule has 2 saturated carbocycles. The normalized spacial score (nSPS) is 41.6. The van der Waals surface area contributed by atoms with Gasteiger partial charge in [0, 0.05) is 18.6 Å². The molecule has 20 heavy (non-hydrogen) atoms. The highest BCUT2D eigenvalue weighted by Gasteiger charge is 2.63. The molecule has 0 aromatic carbocycles. The Hall–Kier alpha value is -0.610. The fourth-order valence-electron chi connectivity index (χ4n) is 4.49. The van der Waals surface area contributed by atoms with Gasteiger partial charge in [-0.1, -0.05) is 20.8 Å². The molecule has 0 amide bonds. The minimum Gasteiger partial charge on any atom is -0.460 e. The highest BCUT2D eigenvalue weighted by atomic mass is 16.5. The lowest BCUT2D eigenvalue weighted by molar-refractivity contribution is -0.167. The van der Waals surface area contributed by atoms with Crippen LogP contribution in [0.25, 0.3) is 0 Å². The topological polar surface area (TPSA) is 61.5 Å². The Morgan fingerprint density at radius 2 is 1.85 bits per heavy atom. The number of hydrogen-bond donors (Lipinski definition) is 1. The zero-order valence-corrected chi connectivity index (χ0v) is 12.9. The third kappa shape index (κ3) is 1.84. The lowest BCUT2D eigenvalue weighted by Crippen LogP contribution is -2.54. The van der Waals surface area contributed by atoms with Crippen LogP contribution in [0.2, 0.25) is 0 Å². The van der Waals surface area contributed by atoms with Crippen LogP contribution >= 0.6 is 0 Å². The fraction of sp³-hybridized carbons (Fsp3) is 0.938. The molecule has 3 fully saturated rings. The molecule has 4 heteroatoms. The van der Waals surface area contributed by atoms with E-state index in [0.29, 0.717) is 32.0 Å². The second-order valence-corrected chi connectivity index (χ2v) is 7.77. The van der Waals surface area contributed by atoms with Crippen LogP contribution in [-0.2, 0) is 14.3 Å². The van der Waals surface area contributed by atoms with Crippen molar-refractivity contribution < 1.29 is 14.3 Å². The standard InChI is InChI=1S/C16H27NO3/c1-14(2)11-4-5-15(14,3)12(10-11)20-13(18)16(17)6-8-19-9-7-16/h11-12H,4-10,17H2,1-3H3. The van der Waals surface area contributed by atoms with E-state index in [9.17, 15) is 4.79 Å². The van der Waals surface area contributed by atoms with Gasteiger partial charge in [-0.2, -0.15) is 0 Å². The van der Waals surface area contributed by atoms with Crippen molar-refractivity contribution in [3.63, 3.8) is 0 Å². The van der Waals surface area contributed by atoms with Gasteiger partial charge in [-0.3, -0.25) is 4.79 Å². The first kappa shape index (κ1) is 14.3. The van der Waals surface area contributed by atoms with Gasteiger partial charge in [0.25, 0.3) is 0 Å². The summed E-state index contributed by atoms with van der Waals surface area (Å²) in [5.41, 5.74) is 5.77. The summed E-state index contributed by atoms with van der Waals surface area (Å²) in [7, 11) is 0. The van der Waals surface area contributed by atoms with Crippen molar-refractivity contribution in [2.75, 3.05) is 13.2 Å². The number of fused-ring (bicyclic) bond motifs is 2. The van der Waals surface area contributed by atoms with Gasteiger partial charge < -0.3 is 15.2 Å². The predicted octanol–water partition coefficient (Wildman–Crippen LogP) is 2.25. The molecule has 2 bridgehead atoms. The lowest BCUT2D eigenvalue weighted by atomic mass is 9.70. The summed E-state index contributed by atoms with van der Waals surface area (Å²) < 4.78 is 11.2. The molecule has 1 saturated heterocycles. The molecule has 1 aliphatic heterocycles. The van der Waals surface area contributed by atoms with Crippen molar-refractivity contribution in [3.8, 4) is 0 Å². The summed E-state index contributed by atoms with van der Waals surface area (Å²) in [6, 6.07) is 0. The van der Waals surface area contributed by atoms with Crippen molar-refractivity contribution in [1.29, 1.82) is 0 Å². The molecule has 0 aromatic heterocycles. The first-order chi connectivity index (χ1) is 9.30. The second-order valence-electron chi connectivity index (χ2n) is 7.77. The van der Waals surface area contributed by atoms with Crippen molar-refractivity contribution in [1.82, 2.24) is 0 Å². The minimum atomic E-state index is -0.833. The second kappa shape index (κ2) is 4.44. The molecule has 1 heterocycles. The molecular formula is C16H27NO3. The summed E-state index contributed by atoms with van der Waals surface area (Å²) in [6.07, 6.45) is 4.60. The molecule has 0 radical (unpaired) electrons. The van der Waals surface area contributed by atoms with Gasteiger partial charge in [-0.25, -0.2) is 0 Å². The van der Waals surface area contributed by atoms with Crippen LogP contribution in [0.1, 0.15) is 52.9 Å². The highest BCUT2D eigenvalue weighted by Crippen LogP contribution is 2.66. The molecule has 0 spiro atoms. The van der Waals surface area contributed by atoms with E-state index in [-0.39, 0.29) is 22.9 Å². The van der Waals surface area contributed by atoms with E-state index in [1.807, 2.05) is 0 Å². The maximum atomic E-state index is 12.5. The molecule has 4 nitrogen and oxygen atoms in total. The lowest BCUT2D eigenvalue weighted by Gasteiger charge is -2.40. The fourth-order valence-corrected chi connectivity index (χ4v) is 4.49. The number of esters is 1. The maximum Gasteiger partial charge on any atom is 0.326 e. The Morgan fingerprint density at radius 1 is 1.20 bits per heavy atom. The summed E-state index contributed by atoms with van der Waals surface area (Å²) in [5.74, 6) is 0.462. The van der Waals surface area contributed by atoms with Gasteiger partial charge in [0.1, 0.15) is 11.6 Å². The predicted molar refractivity (Wildman–Crippen MR) is 76.1 cm³/mol. The van der Waals surface area contributed by atoms with E-state index in [1.165, 1.54) is 6.42 Å². The number of hydrogen-bond acceptors (Lipinski definition) is 4. The van der Waals surface area contributed by atoms with Crippen molar-refractivity contribution in [2.45, 2.75) is 64.5 Å². The Kier molecular flexibility index (Phi) is 3.18. The van der Waals surface area contributed by atoms with Crippen LogP contribution in [0.3, 0.4) is 0 Å². The number of rotatable bonds is 2. The summed E-state index contributed by atoms with van der Waals surface area (Å²) in [6.45, 7) is 8.05. The Morgan fingerprint density at radius 3 is 2.35 bits per heavy atom. The summed E-state index contributed by atoms with van der Waals surface area (Å²) in [5, 5.41) is 0. The Bertz CT molecular complexity index is 414. The quantitative estimate of drug-likeness (QED) is 0.789. The Labute approximate surface area is 121 Å². The zero-order chi connectivity index (χ0) is 14.6.